The zero-order valence-electron chi connectivity index (χ0n) is 12.2. The fourth-order valence-corrected chi connectivity index (χ4v) is 2.64. The van der Waals surface area contributed by atoms with E-state index in [0.29, 0.717) is 12.2 Å². The van der Waals surface area contributed by atoms with E-state index in [-0.39, 0.29) is 0 Å². The smallest absolute Gasteiger partial charge is 0.423 e. The third-order valence-electron chi connectivity index (χ3n) is 3.17. The van der Waals surface area contributed by atoms with Crippen molar-refractivity contribution in [2.45, 2.75) is 32.4 Å². The minimum atomic E-state index is -1.46. The maximum absolute atomic E-state index is 9.21. The Kier molecular flexibility index (Phi) is 4.64. The average molecular weight is 292 g/mol. The van der Waals surface area contributed by atoms with Crippen LogP contribution in [0.1, 0.15) is 0 Å². The van der Waals surface area contributed by atoms with Crippen molar-refractivity contribution >= 4 is 31.7 Å². The summed E-state index contributed by atoms with van der Waals surface area (Å²) in [6.45, 7) is 8.14. The molecule has 0 aliphatic rings. The molecule has 108 valence electrons. The molecule has 1 heterocycles. The number of aromatic nitrogens is 2. The summed E-state index contributed by atoms with van der Waals surface area (Å²) in [4.78, 5) is 4.27. The quantitative estimate of drug-likeness (QED) is 0.616. The summed E-state index contributed by atoms with van der Waals surface area (Å²) in [5.41, 5.74) is 2.13. The van der Waals surface area contributed by atoms with Gasteiger partial charge in [-0.2, -0.15) is 0 Å². The van der Waals surface area contributed by atoms with Crippen molar-refractivity contribution in [3.63, 3.8) is 0 Å². The molecule has 0 saturated heterocycles. The molecular weight excluding hydrogens is 271 g/mol. The number of fused-ring (bicyclic) bond motifs is 1. The highest BCUT2D eigenvalue weighted by molar-refractivity contribution is 6.76. The van der Waals surface area contributed by atoms with Crippen molar-refractivity contribution in [1.82, 2.24) is 9.55 Å². The van der Waals surface area contributed by atoms with Crippen molar-refractivity contribution in [3.05, 3.63) is 24.5 Å². The number of hydrogen-bond donors (Lipinski definition) is 2. The van der Waals surface area contributed by atoms with Gasteiger partial charge < -0.3 is 19.4 Å². The van der Waals surface area contributed by atoms with E-state index in [1.807, 2.05) is 4.57 Å². The van der Waals surface area contributed by atoms with Gasteiger partial charge >= 0.3 is 7.12 Å². The molecule has 20 heavy (non-hydrogen) atoms. The van der Waals surface area contributed by atoms with Crippen LogP contribution < -0.4 is 5.46 Å². The first kappa shape index (κ1) is 15.2. The molecule has 0 saturated carbocycles. The summed E-state index contributed by atoms with van der Waals surface area (Å²) in [5.74, 6) is 0. The summed E-state index contributed by atoms with van der Waals surface area (Å²) in [6, 6.07) is 6.30. The maximum atomic E-state index is 9.21. The van der Waals surface area contributed by atoms with Crippen LogP contribution in [0.2, 0.25) is 25.7 Å². The molecule has 2 aromatic rings. The number of ether oxygens (including phenoxy) is 1. The van der Waals surface area contributed by atoms with E-state index >= 15 is 0 Å². The van der Waals surface area contributed by atoms with Gasteiger partial charge in [-0.15, -0.1) is 0 Å². The predicted molar refractivity (Wildman–Crippen MR) is 83.7 cm³/mol. The van der Waals surface area contributed by atoms with Crippen molar-refractivity contribution < 1.29 is 14.8 Å². The first-order valence-corrected chi connectivity index (χ1v) is 10.5. The van der Waals surface area contributed by atoms with Crippen molar-refractivity contribution in [2.75, 3.05) is 6.61 Å². The van der Waals surface area contributed by atoms with Crippen molar-refractivity contribution in [3.8, 4) is 0 Å². The Labute approximate surface area is 120 Å². The van der Waals surface area contributed by atoms with Crippen LogP contribution in [0.5, 0.6) is 0 Å². The summed E-state index contributed by atoms with van der Waals surface area (Å²) >= 11 is 0. The van der Waals surface area contributed by atoms with Gasteiger partial charge in [0.25, 0.3) is 0 Å². The molecular formula is C13H21BN2O3Si. The molecule has 0 radical (unpaired) electrons. The molecule has 1 aromatic heterocycles. The van der Waals surface area contributed by atoms with Gasteiger partial charge in [-0.1, -0.05) is 25.7 Å². The third kappa shape index (κ3) is 3.92. The second-order valence-electron chi connectivity index (χ2n) is 6.18. The minimum absolute atomic E-state index is 0.436. The first-order valence-electron chi connectivity index (χ1n) is 6.75. The number of hydrogen-bond acceptors (Lipinski definition) is 4. The fraction of sp³-hybridized carbons (Fsp3) is 0.462. The predicted octanol–water partition coefficient (Wildman–Crippen LogP) is 1.03. The molecule has 2 rings (SSSR count). The molecule has 5 nitrogen and oxygen atoms in total. The SMILES string of the molecule is C[Si](C)(C)CCOCn1cnc2ccc(B(O)O)cc21. The van der Waals surface area contributed by atoms with Crippen LogP contribution in [0.3, 0.4) is 0 Å². The standard InChI is InChI=1S/C13H21BN2O3Si/c1-20(2,3)7-6-19-10-16-9-15-12-5-4-11(14(17)18)8-13(12)16/h4-5,8-9,17-18H,6-7,10H2,1-3H3. The first-order chi connectivity index (χ1) is 9.37. The lowest BCUT2D eigenvalue weighted by Gasteiger charge is -2.15. The van der Waals surface area contributed by atoms with Crippen LogP contribution in [-0.4, -0.2) is 41.4 Å². The van der Waals surface area contributed by atoms with Crippen LogP contribution in [0.15, 0.2) is 24.5 Å². The summed E-state index contributed by atoms with van der Waals surface area (Å²) in [6.07, 6.45) is 1.71. The Morgan fingerprint density at radius 2 is 2.05 bits per heavy atom. The van der Waals surface area contributed by atoms with Crippen LogP contribution in [-0.2, 0) is 11.5 Å². The molecule has 0 spiro atoms. The molecule has 0 atom stereocenters. The molecule has 7 heteroatoms. The van der Waals surface area contributed by atoms with Crippen molar-refractivity contribution in [1.29, 1.82) is 0 Å². The van der Waals surface area contributed by atoms with E-state index in [1.165, 1.54) is 0 Å². The Balaban J connectivity index is 2.04. The molecule has 0 aliphatic carbocycles. The van der Waals surface area contributed by atoms with Crippen LogP contribution >= 0.6 is 0 Å². The van der Waals surface area contributed by atoms with Gasteiger partial charge in [-0.05, 0) is 23.6 Å². The molecule has 1 aromatic carbocycles. The summed E-state index contributed by atoms with van der Waals surface area (Å²) in [5, 5.41) is 18.4. The average Bonchev–Trinajstić information content (AvgIpc) is 2.76. The second-order valence-corrected chi connectivity index (χ2v) is 11.8. The Hall–Kier alpha value is -1.15. The molecule has 0 bridgehead atoms. The van der Waals surface area contributed by atoms with E-state index in [4.69, 9.17) is 4.74 Å². The van der Waals surface area contributed by atoms with Gasteiger partial charge in [-0.3, -0.25) is 0 Å². The lowest BCUT2D eigenvalue weighted by Crippen LogP contribution is -2.29. The van der Waals surface area contributed by atoms with Gasteiger partial charge in [0.2, 0.25) is 0 Å². The zero-order chi connectivity index (χ0) is 14.8. The van der Waals surface area contributed by atoms with E-state index in [1.54, 1.807) is 24.5 Å². The van der Waals surface area contributed by atoms with E-state index in [2.05, 4.69) is 24.6 Å². The highest BCUT2D eigenvalue weighted by Gasteiger charge is 2.14. The Morgan fingerprint density at radius 1 is 1.30 bits per heavy atom. The summed E-state index contributed by atoms with van der Waals surface area (Å²) in [7, 11) is -2.54. The number of rotatable bonds is 6. The topological polar surface area (TPSA) is 67.5 Å². The number of benzene rings is 1. The van der Waals surface area contributed by atoms with E-state index < -0.39 is 15.2 Å². The Morgan fingerprint density at radius 3 is 2.70 bits per heavy atom. The number of nitrogens with zero attached hydrogens (tertiary/aromatic N) is 2. The van der Waals surface area contributed by atoms with Gasteiger partial charge in [0.1, 0.15) is 6.73 Å². The van der Waals surface area contributed by atoms with Gasteiger partial charge in [0.05, 0.1) is 17.4 Å². The number of imidazole rings is 1. The lowest BCUT2D eigenvalue weighted by atomic mass is 9.80. The van der Waals surface area contributed by atoms with Crippen LogP contribution in [0.25, 0.3) is 11.0 Å². The second kappa shape index (κ2) is 6.09. The largest absolute Gasteiger partial charge is 0.488 e. The highest BCUT2D eigenvalue weighted by atomic mass is 28.3. The van der Waals surface area contributed by atoms with Crippen LogP contribution in [0, 0.1) is 0 Å². The molecule has 2 N–H and O–H groups in total. The monoisotopic (exact) mass is 292 g/mol. The molecule has 0 unspecified atom stereocenters. The highest BCUT2D eigenvalue weighted by Crippen LogP contribution is 2.12. The fourth-order valence-electron chi connectivity index (χ4n) is 1.88. The lowest BCUT2D eigenvalue weighted by molar-refractivity contribution is 0.0898. The van der Waals surface area contributed by atoms with Crippen LogP contribution in [0.4, 0.5) is 0 Å². The third-order valence-corrected chi connectivity index (χ3v) is 4.87. The zero-order valence-corrected chi connectivity index (χ0v) is 13.2. The molecule has 0 amide bonds. The van der Waals surface area contributed by atoms with Gasteiger partial charge in [0, 0.05) is 14.7 Å². The summed E-state index contributed by atoms with van der Waals surface area (Å²) < 4.78 is 7.58. The maximum Gasteiger partial charge on any atom is 0.488 e. The Bertz CT molecular complexity index is 580. The van der Waals surface area contributed by atoms with E-state index in [9.17, 15) is 10.0 Å². The minimum Gasteiger partial charge on any atom is -0.423 e. The molecule has 0 aliphatic heterocycles. The van der Waals surface area contributed by atoms with Gasteiger partial charge in [0.15, 0.2) is 0 Å². The van der Waals surface area contributed by atoms with Crippen molar-refractivity contribution in [2.24, 2.45) is 0 Å². The molecule has 0 fully saturated rings. The van der Waals surface area contributed by atoms with E-state index in [0.717, 1.165) is 23.7 Å². The normalized spacial score (nSPS) is 12.1. The van der Waals surface area contributed by atoms with Gasteiger partial charge in [-0.25, -0.2) is 4.98 Å².